The van der Waals surface area contributed by atoms with Crippen molar-refractivity contribution in [2.45, 2.75) is 386 Å². The summed E-state index contributed by atoms with van der Waals surface area (Å²) in [5, 5.41) is 23.1. The van der Waals surface area contributed by atoms with Crippen LogP contribution in [-0.4, -0.2) is 47.4 Å². The molecule has 0 saturated heterocycles. The molecule has 2 atom stereocenters. The number of hydrogen-bond acceptors (Lipinski definition) is 5. The van der Waals surface area contributed by atoms with Crippen LogP contribution in [0, 0.1) is 0 Å². The molecule has 0 spiro atoms. The molecule has 2 unspecified atom stereocenters. The van der Waals surface area contributed by atoms with Crippen molar-refractivity contribution in [3.05, 3.63) is 24.3 Å². The lowest BCUT2D eigenvalue weighted by molar-refractivity contribution is -0.143. The van der Waals surface area contributed by atoms with Crippen molar-refractivity contribution in [1.29, 1.82) is 0 Å². The summed E-state index contributed by atoms with van der Waals surface area (Å²) >= 11 is 0. The van der Waals surface area contributed by atoms with Crippen LogP contribution in [0.15, 0.2) is 24.3 Å². The van der Waals surface area contributed by atoms with Gasteiger partial charge in [0.1, 0.15) is 0 Å². The Bertz CT molecular complexity index is 1150. The lowest BCUT2D eigenvalue weighted by Gasteiger charge is -2.22. The Kier molecular flexibility index (Phi) is 62.4. The van der Waals surface area contributed by atoms with E-state index in [4.69, 9.17) is 4.74 Å². The molecule has 0 aromatic heterocycles. The van der Waals surface area contributed by atoms with Gasteiger partial charge in [0, 0.05) is 12.8 Å². The molecule has 0 aromatic carbocycles. The molecule has 0 aliphatic carbocycles. The van der Waals surface area contributed by atoms with Gasteiger partial charge in [0.15, 0.2) is 0 Å². The SMILES string of the molecule is CCCCCCCCCCCCCC(=O)OCCCCCCCCCCCCCCC/C=C\C/C=C\CCCCCCCCCCCCCCCCCCCC(=O)NC(CO)C(O)CCCCCCCCCCC. The molecule has 0 heterocycles. The first-order valence-corrected chi connectivity index (χ1v) is 33.6. The Balaban J connectivity index is 3.33. The van der Waals surface area contributed by atoms with Crippen molar-refractivity contribution in [2.75, 3.05) is 13.2 Å². The number of hydrogen-bond donors (Lipinski definition) is 3. The topological polar surface area (TPSA) is 95.9 Å². The molecule has 74 heavy (non-hydrogen) atoms. The Morgan fingerprint density at radius 3 is 1.03 bits per heavy atom. The molecular weight excluding hydrogens is 911 g/mol. The first-order valence-electron chi connectivity index (χ1n) is 33.6. The standard InChI is InChI=1S/C68H131NO5/c1-3-5-7-9-11-13-41-46-50-54-58-62-68(73)74-63-59-55-51-47-43-40-38-36-34-32-30-28-26-24-22-20-18-16-14-15-17-19-21-23-25-27-29-31-33-35-37-39-42-45-49-53-57-61-67(72)69-65(64-70)66(71)60-56-52-48-44-12-10-8-6-4-2/h14,16,20,22,65-66,70-71H,3-13,15,17-19,21,23-64H2,1-2H3,(H,69,72)/b16-14-,22-20-. The van der Waals surface area contributed by atoms with Crippen molar-refractivity contribution in [2.24, 2.45) is 0 Å². The van der Waals surface area contributed by atoms with Gasteiger partial charge in [-0.05, 0) is 57.8 Å². The van der Waals surface area contributed by atoms with Gasteiger partial charge in [-0.25, -0.2) is 0 Å². The normalized spacial score (nSPS) is 12.6. The van der Waals surface area contributed by atoms with E-state index in [-0.39, 0.29) is 18.5 Å². The smallest absolute Gasteiger partial charge is 0.305 e. The maximum absolute atomic E-state index is 12.4. The summed E-state index contributed by atoms with van der Waals surface area (Å²) in [5.41, 5.74) is 0. The van der Waals surface area contributed by atoms with E-state index in [1.54, 1.807) is 0 Å². The first-order chi connectivity index (χ1) is 36.5. The number of allylic oxidation sites excluding steroid dienone is 4. The minimum absolute atomic E-state index is 0.0187. The van der Waals surface area contributed by atoms with Gasteiger partial charge in [0.25, 0.3) is 0 Å². The second-order valence-electron chi connectivity index (χ2n) is 23.2. The summed E-state index contributed by atoms with van der Waals surface area (Å²) in [6.45, 7) is 4.95. The molecule has 6 nitrogen and oxygen atoms in total. The van der Waals surface area contributed by atoms with E-state index in [1.165, 1.54) is 295 Å². The minimum Gasteiger partial charge on any atom is -0.466 e. The van der Waals surface area contributed by atoms with Crippen LogP contribution in [0.2, 0.25) is 0 Å². The fraction of sp³-hybridized carbons (Fsp3) is 0.912. The predicted molar refractivity (Wildman–Crippen MR) is 324 cm³/mol. The van der Waals surface area contributed by atoms with Gasteiger partial charge in [-0.3, -0.25) is 9.59 Å². The molecule has 0 aliphatic heterocycles. The molecule has 0 rings (SSSR count). The number of esters is 1. The van der Waals surface area contributed by atoms with Crippen LogP contribution in [0.5, 0.6) is 0 Å². The second kappa shape index (κ2) is 63.9. The van der Waals surface area contributed by atoms with Crippen LogP contribution >= 0.6 is 0 Å². The van der Waals surface area contributed by atoms with Gasteiger partial charge in [0.05, 0.1) is 25.4 Å². The molecule has 1 amide bonds. The molecule has 0 radical (unpaired) electrons. The van der Waals surface area contributed by atoms with Crippen LogP contribution in [0.4, 0.5) is 0 Å². The Morgan fingerprint density at radius 1 is 0.378 bits per heavy atom. The summed E-state index contributed by atoms with van der Waals surface area (Å²) in [6.07, 6.45) is 79.6. The molecular formula is C68H131NO5. The highest BCUT2D eigenvalue weighted by Crippen LogP contribution is 2.18. The lowest BCUT2D eigenvalue weighted by atomic mass is 10.0. The molecule has 0 fully saturated rings. The third-order valence-corrected chi connectivity index (χ3v) is 15.8. The summed E-state index contributed by atoms with van der Waals surface area (Å²) < 4.78 is 5.47. The highest BCUT2D eigenvalue weighted by Gasteiger charge is 2.20. The molecule has 438 valence electrons. The Hall–Kier alpha value is -1.66. The Labute approximate surface area is 462 Å². The van der Waals surface area contributed by atoms with Crippen molar-refractivity contribution in [3.8, 4) is 0 Å². The van der Waals surface area contributed by atoms with Gasteiger partial charge >= 0.3 is 5.97 Å². The largest absolute Gasteiger partial charge is 0.466 e. The summed E-state index contributed by atoms with van der Waals surface area (Å²) in [5.74, 6) is -0.0144. The Morgan fingerprint density at radius 2 is 0.676 bits per heavy atom. The number of nitrogens with one attached hydrogen (secondary N) is 1. The predicted octanol–water partition coefficient (Wildman–Crippen LogP) is 21.4. The summed E-state index contributed by atoms with van der Waals surface area (Å²) in [6, 6.07) is -0.536. The van der Waals surface area contributed by atoms with E-state index in [9.17, 15) is 19.8 Å². The number of carbonyl (C=O) groups excluding carboxylic acids is 2. The number of ether oxygens (including phenoxy) is 1. The van der Waals surface area contributed by atoms with Crippen molar-refractivity contribution >= 4 is 11.9 Å². The highest BCUT2D eigenvalue weighted by molar-refractivity contribution is 5.76. The maximum atomic E-state index is 12.4. The van der Waals surface area contributed by atoms with Gasteiger partial charge in [0.2, 0.25) is 5.91 Å². The number of amides is 1. The minimum atomic E-state index is -0.659. The van der Waals surface area contributed by atoms with Gasteiger partial charge in [-0.2, -0.15) is 0 Å². The van der Waals surface area contributed by atoms with Crippen LogP contribution in [0.25, 0.3) is 0 Å². The molecule has 0 aliphatic rings. The third kappa shape index (κ3) is 59.6. The fourth-order valence-corrected chi connectivity index (χ4v) is 10.6. The van der Waals surface area contributed by atoms with E-state index in [0.29, 0.717) is 25.9 Å². The van der Waals surface area contributed by atoms with Gasteiger partial charge in [-0.15, -0.1) is 0 Å². The summed E-state index contributed by atoms with van der Waals surface area (Å²) in [4.78, 5) is 24.4. The zero-order valence-corrected chi connectivity index (χ0v) is 50.1. The van der Waals surface area contributed by atoms with Crippen LogP contribution < -0.4 is 5.32 Å². The highest BCUT2D eigenvalue weighted by atomic mass is 16.5. The van der Waals surface area contributed by atoms with Crippen LogP contribution in [-0.2, 0) is 14.3 Å². The van der Waals surface area contributed by atoms with Crippen molar-refractivity contribution in [3.63, 3.8) is 0 Å². The fourth-order valence-electron chi connectivity index (χ4n) is 10.6. The van der Waals surface area contributed by atoms with Gasteiger partial charge < -0.3 is 20.3 Å². The number of aliphatic hydroxyl groups excluding tert-OH is 2. The number of rotatable bonds is 63. The number of carbonyl (C=O) groups is 2. The van der Waals surface area contributed by atoms with Crippen LogP contribution in [0.1, 0.15) is 373 Å². The van der Waals surface area contributed by atoms with E-state index in [0.717, 1.165) is 44.9 Å². The second-order valence-corrected chi connectivity index (χ2v) is 23.2. The first kappa shape index (κ1) is 72.3. The molecule has 6 heteroatoms. The monoisotopic (exact) mass is 1040 g/mol. The zero-order chi connectivity index (χ0) is 53.6. The molecule has 0 saturated carbocycles. The summed E-state index contributed by atoms with van der Waals surface area (Å²) in [7, 11) is 0. The van der Waals surface area contributed by atoms with E-state index in [1.807, 2.05) is 0 Å². The average Bonchev–Trinajstić information content (AvgIpc) is 3.40. The lowest BCUT2D eigenvalue weighted by Crippen LogP contribution is -2.45. The number of aliphatic hydroxyl groups is 2. The number of unbranched alkanes of at least 4 members (excludes halogenated alkanes) is 48. The van der Waals surface area contributed by atoms with Crippen molar-refractivity contribution in [1.82, 2.24) is 5.32 Å². The molecule has 0 aromatic rings. The van der Waals surface area contributed by atoms with Gasteiger partial charge in [-0.1, -0.05) is 327 Å². The van der Waals surface area contributed by atoms with E-state index < -0.39 is 12.1 Å². The third-order valence-electron chi connectivity index (χ3n) is 15.8. The maximum Gasteiger partial charge on any atom is 0.305 e. The zero-order valence-electron chi connectivity index (χ0n) is 50.1. The average molecular weight is 1040 g/mol. The van der Waals surface area contributed by atoms with Crippen LogP contribution in [0.3, 0.4) is 0 Å². The quantitative estimate of drug-likeness (QED) is 0.0320. The molecule has 3 N–H and O–H groups in total. The van der Waals surface area contributed by atoms with Crippen molar-refractivity contribution < 1.29 is 24.5 Å². The van der Waals surface area contributed by atoms with E-state index in [2.05, 4.69) is 43.5 Å². The van der Waals surface area contributed by atoms with E-state index >= 15 is 0 Å². The molecule has 0 bridgehead atoms.